The predicted molar refractivity (Wildman–Crippen MR) is 117 cm³/mol. The lowest BCUT2D eigenvalue weighted by Gasteiger charge is -2.34. The highest BCUT2D eigenvalue weighted by Crippen LogP contribution is 2.31. The van der Waals surface area contributed by atoms with Gasteiger partial charge in [-0.1, -0.05) is 18.2 Å². The summed E-state index contributed by atoms with van der Waals surface area (Å²) in [6.07, 6.45) is 2.32. The predicted octanol–water partition coefficient (Wildman–Crippen LogP) is 2.62. The van der Waals surface area contributed by atoms with E-state index in [1.54, 1.807) is 53.4 Å². The van der Waals surface area contributed by atoms with Crippen molar-refractivity contribution in [2.24, 2.45) is 0 Å². The van der Waals surface area contributed by atoms with Crippen LogP contribution in [0.25, 0.3) is 0 Å². The molecule has 0 radical (unpaired) electrons. The largest absolute Gasteiger partial charge is 0.327 e. The topological polar surface area (TPSA) is 98.8 Å². The molecule has 2 heterocycles. The molecule has 1 fully saturated rings. The van der Waals surface area contributed by atoms with Gasteiger partial charge >= 0.3 is 0 Å². The van der Waals surface area contributed by atoms with Gasteiger partial charge in [-0.25, -0.2) is 0 Å². The van der Waals surface area contributed by atoms with Gasteiger partial charge in [-0.05, 0) is 49.6 Å². The molecule has 2 aromatic carbocycles. The van der Waals surface area contributed by atoms with Crippen molar-refractivity contribution in [2.75, 3.05) is 28.6 Å². The Hall–Kier alpha value is -3.68. The van der Waals surface area contributed by atoms with Crippen LogP contribution in [-0.4, -0.2) is 47.7 Å². The van der Waals surface area contributed by atoms with E-state index >= 15 is 0 Å². The minimum absolute atomic E-state index is 0.167. The number of nitrogens with one attached hydrogen (secondary N) is 2. The lowest BCUT2D eigenvalue weighted by atomic mass is 10.0. The third-order valence-electron chi connectivity index (χ3n) is 5.51. The fourth-order valence-electron chi connectivity index (χ4n) is 4.16. The van der Waals surface area contributed by atoms with Crippen LogP contribution in [0.2, 0.25) is 0 Å². The lowest BCUT2D eigenvalue weighted by Crippen LogP contribution is -2.52. The van der Waals surface area contributed by atoms with E-state index in [4.69, 9.17) is 0 Å². The molecule has 1 saturated heterocycles. The van der Waals surface area contributed by atoms with Crippen molar-refractivity contribution in [1.82, 2.24) is 4.90 Å². The van der Waals surface area contributed by atoms with Crippen molar-refractivity contribution in [2.45, 2.75) is 32.2 Å². The summed E-state index contributed by atoms with van der Waals surface area (Å²) in [6.45, 7) is 1.74. The minimum Gasteiger partial charge on any atom is -0.327 e. The second-order valence-corrected chi connectivity index (χ2v) is 7.76. The van der Waals surface area contributed by atoms with Crippen LogP contribution < -0.4 is 15.5 Å². The Balaban J connectivity index is 1.58. The van der Waals surface area contributed by atoms with Crippen molar-refractivity contribution in [1.29, 1.82) is 0 Å². The number of hydrogen-bond acceptors (Lipinski definition) is 4. The van der Waals surface area contributed by atoms with E-state index in [1.807, 2.05) is 0 Å². The Labute approximate surface area is 180 Å². The van der Waals surface area contributed by atoms with Crippen LogP contribution in [0.5, 0.6) is 0 Å². The summed E-state index contributed by atoms with van der Waals surface area (Å²) < 4.78 is 0. The Morgan fingerprint density at radius 3 is 2.52 bits per heavy atom. The second kappa shape index (κ2) is 8.59. The maximum Gasteiger partial charge on any atom is 0.256 e. The zero-order chi connectivity index (χ0) is 22.0. The Bertz CT molecular complexity index is 1050. The average molecular weight is 420 g/mol. The lowest BCUT2D eigenvalue weighted by molar-refractivity contribution is -0.125. The number of carbonyl (C=O) groups is 4. The van der Waals surface area contributed by atoms with E-state index in [9.17, 15) is 19.2 Å². The summed E-state index contributed by atoms with van der Waals surface area (Å²) in [5, 5.41) is 5.44. The highest BCUT2D eigenvalue weighted by molar-refractivity contribution is 6.13. The third kappa shape index (κ3) is 4.28. The molecular formula is C23H24N4O4. The summed E-state index contributed by atoms with van der Waals surface area (Å²) >= 11 is 0. The van der Waals surface area contributed by atoms with Gasteiger partial charge in [-0.2, -0.15) is 0 Å². The number of nitrogens with zero attached hydrogens (tertiary/aromatic N) is 2. The first-order valence-electron chi connectivity index (χ1n) is 10.3. The average Bonchev–Trinajstić information content (AvgIpc) is 2.84. The number of rotatable bonds is 4. The first-order valence-corrected chi connectivity index (χ1v) is 10.3. The van der Waals surface area contributed by atoms with Gasteiger partial charge in [0.2, 0.25) is 17.7 Å². The number of carbonyl (C=O) groups excluding carboxylic acids is 4. The molecule has 0 saturated carbocycles. The molecule has 8 nitrogen and oxygen atoms in total. The normalized spacial score (nSPS) is 18.0. The van der Waals surface area contributed by atoms with Gasteiger partial charge < -0.3 is 20.4 Å². The molecule has 8 heteroatoms. The highest BCUT2D eigenvalue weighted by Gasteiger charge is 2.40. The number of piperidine rings is 1. The van der Waals surface area contributed by atoms with Gasteiger partial charge in [0.25, 0.3) is 5.91 Å². The standard InChI is InChI=1S/C23H24N4O4/c1-15(28)24-16-7-6-8-17(13-16)25-21(29)14-27-19-10-3-2-9-18(19)22(30)26-12-5-4-11-20(26)23(27)31/h2-3,6-10,13,20H,4-5,11-12,14H2,1H3,(H,24,28)(H,25,29). The quantitative estimate of drug-likeness (QED) is 0.794. The summed E-state index contributed by atoms with van der Waals surface area (Å²) in [5.41, 5.74) is 1.95. The number of fused-ring (bicyclic) bond motifs is 2. The highest BCUT2D eigenvalue weighted by atomic mass is 16.2. The summed E-state index contributed by atoms with van der Waals surface area (Å²) in [4.78, 5) is 53.6. The molecule has 1 unspecified atom stereocenters. The molecule has 0 spiro atoms. The van der Waals surface area contributed by atoms with Gasteiger partial charge in [0, 0.05) is 24.8 Å². The van der Waals surface area contributed by atoms with Crippen LogP contribution in [0.15, 0.2) is 48.5 Å². The first kappa shape index (κ1) is 20.6. The molecular weight excluding hydrogens is 396 g/mol. The molecule has 0 aromatic heterocycles. The van der Waals surface area contributed by atoms with E-state index in [-0.39, 0.29) is 30.2 Å². The molecule has 2 aromatic rings. The number of hydrogen-bond donors (Lipinski definition) is 2. The molecule has 2 aliphatic heterocycles. The van der Waals surface area contributed by atoms with Gasteiger partial charge in [-0.3, -0.25) is 19.2 Å². The van der Waals surface area contributed by atoms with Crippen LogP contribution in [0, 0.1) is 0 Å². The Morgan fingerprint density at radius 1 is 1.00 bits per heavy atom. The SMILES string of the molecule is CC(=O)Nc1cccc(NC(=O)CN2C(=O)C3CCCCN3C(=O)c3ccccc32)c1. The van der Waals surface area contributed by atoms with Crippen LogP contribution in [0.3, 0.4) is 0 Å². The maximum absolute atomic E-state index is 13.4. The van der Waals surface area contributed by atoms with E-state index in [2.05, 4.69) is 10.6 Å². The fourth-order valence-corrected chi connectivity index (χ4v) is 4.16. The van der Waals surface area contributed by atoms with Crippen molar-refractivity contribution < 1.29 is 19.2 Å². The van der Waals surface area contributed by atoms with Crippen molar-refractivity contribution in [3.05, 3.63) is 54.1 Å². The zero-order valence-electron chi connectivity index (χ0n) is 17.3. The fraction of sp³-hybridized carbons (Fsp3) is 0.304. The van der Waals surface area contributed by atoms with Crippen LogP contribution in [-0.2, 0) is 14.4 Å². The molecule has 0 bridgehead atoms. The van der Waals surface area contributed by atoms with Gasteiger partial charge in [0.15, 0.2) is 0 Å². The van der Waals surface area contributed by atoms with Gasteiger partial charge in [0.05, 0.1) is 11.3 Å². The Kier molecular flexibility index (Phi) is 5.70. The summed E-state index contributed by atoms with van der Waals surface area (Å²) in [5.74, 6) is -1.00. The monoisotopic (exact) mass is 420 g/mol. The van der Waals surface area contributed by atoms with Crippen molar-refractivity contribution in [3.63, 3.8) is 0 Å². The van der Waals surface area contributed by atoms with E-state index in [0.717, 1.165) is 12.8 Å². The van der Waals surface area contributed by atoms with E-state index in [0.29, 0.717) is 35.6 Å². The molecule has 1 atom stereocenters. The molecule has 4 amide bonds. The zero-order valence-corrected chi connectivity index (χ0v) is 17.3. The summed E-state index contributed by atoms with van der Waals surface area (Å²) in [6, 6.07) is 13.1. The van der Waals surface area contributed by atoms with Gasteiger partial charge in [-0.15, -0.1) is 0 Å². The molecule has 160 valence electrons. The third-order valence-corrected chi connectivity index (χ3v) is 5.51. The van der Waals surface area contributed by atoms with Crippen molar-refractivity contribution in [3.8, 4) is 0 Å². The van der Waals surface area contributed by atoms with Crippen LogP contribution >= 0.6 is 0 Å². The van der Waals surface area contributed by atoms with Crippen LogP contribution in [0.1, 0.15) is 36.5 Å². The van der Waals surface area contributed by atoms with E-state index in [1.165, 1.54) is 11.8 Å². The summed E-state index contributed by atoms with van der Waals surface area (Å²) in [7, 11) is 0. The molecule has 4 rings (SSSR count). The molecule has 31 heavy (non-hydrogen) atoms. The minimum atomic E-state index is -0.551. The van der Waals surface area contributed by atoms with Gasteiger partial charge in [0.1, 0.15) is 12.6 Å². The molecule has 2 N–H and O–H groups in total. The number of para-hydroxylation sites is 1. The number of amides is 4. The Morgan fingerprint density at radius 2 is 1.74 bits per heavy atom. The first-order chi connectivity index (χ1) is 14.9. The maximum atomic E-state index is 13.4. The smallest absolute Gasteiger partial charge is 0.256 e. The number of anilines is 3. The van der Waals surface area contributed by atoms with Crippen molar-refractivity contribution >= 4 is 40.7 Å². The molecule has 2 aliphatic rings. The van der Waals surface area contributed by atoms with E-state index < -0.39 is 6.04 Å². The van der Waals surface area contributed by atoms with Crippen LogP contribution in [0.4, 0.5) is 17.1 Å². The number of benzene rings is 2. The second-order valence-electron chi connectivity index (χ2n) is 7.76. The molecule has 0 aliphatic carbocycles.